The van der Waals surface area contributed by atoms with Crippen LogP contribution >= 0.6 is 0 Å². The first-order valence-electron chi connectivity index (χ1n) is 12.3. The monoisotopic (exact) mass is 490 g/mol. The number of carbonyl (C=O) groups excluding carboxylic acids is 1. The molecule has 0 bridgehead atoms. The summed E-state index contributed by atoms with van der Waals surface area (Å²) in [6, 6.07) is 16.4. The number of nitrogens with two attached hydrogens (primary N) is 1. The first-order chi connectivity index (χ1) is 17.5. The van der Waals surface area contributed by atoms with E-state index in [1.165, 1.54) is 0 Å². The average Bonchev–Trinajstić information content (AvgIpc) is 3.24. The number of alkyl carbamates (subject to hydrolysis) is 1. The van der Waals surface area contributed by atoms with E-state index in [1.807, 2.05) is 57.2 Å². The van der Waals surface area contributed by atoms with Crippen molar-refractivity contribution < 1.29 is 14.3 Å². The molecule has 190 valence electrons. The van der Waals surface area contributed by atoms with Gasteiger partial charge in [0.25, 0.3) is 0 Å². The van der Waals surface area contributed by atoms with Crippen LogP contribution < -0.4 is 16.4 Å². The molecule has 0 fully saturated rings. The third-order valence-corrected chi connectivity index (χ3v) is 5.81. The summed E-state index contributed by atoms with van der Waals surface area (Å²) in [7, 11) is 0. The van der Waals surface area contributed by atoms with E-state index in [2.05, 4.69) is 32.3 Å². The quantitative estimate of drug-likeness (QED) is 0.272. The number of aromatic nitrogens is 3. The highest BCUT2D eigenvalue weighted by Gasteiger charge is 2.17. The Bertz CT molecular complexity index is 1320. The molecule has 2 heterocycles. The minimum absolute atomic E-state index is 0.334. The summed E-state index contributed by atoms with van der Waals surface area (Å²) in [5.74, 6) is 1.21. The Balaban J connectivity index is 1.49. The maximum Gasteiger partial charge on any atom is 0.407 e. The predicted octanol–water partition coefficient (Wildman–Crippen LogP) is 3.98. The molecule has 0 aliphatic carbocycles. The van der Waals surface area contributed by atoms with Gasteiger partial charge in [0.05, 0.1) is 11.0 Å². The summed E-state index contributed by atoms with van der Waals surface area (Å²) in [5, 5.41) is 7.00. The molecule has 0 aliphatic rings. The van der Waals surface area contributed by atoms with Gasteiger partial charge < -0.3 is 30.4 Å². The van der Waals surface area contributed by atoms with Crippen molar-refractivity contribution in [3.8, 4) is 0 Å². The molecule has 2 aromatic carbocycles. The minimum Gasteiger partial charge on any atom is -0.448 e. The van der Waals surface area contributed by atoms with Gasteiger partial charge in [0.15, 0.2) is 5.82 Å². The molecule has 0 saturated carbocycles. The number of anilines is 1. The molecule has 0 saturated heterocycles. The van der Waals surface area contributed by atoms with Crippen molar-refractivity contribution in [2.45, 2.75) is 46.5 Å². The van der Waals surface area contributed by atoms with Crippen LogP contribution in [0.4, 0.5) is 10.6 Å². The van der Waals surface area contributed by atoms with Crippen LogP contribution in [0.15, 0.2) is 48.5 Å². The Morgan fingerprint density at radius 2 is 1.83 bits per heavy atom. The Morgan fingerprint density at radius 1 is 1.08 bits per heavy atom. The number of ether oxygens (including phenoxy) is 2. The van der Waals surface area contributed by atoms with Gasteiger partial charge in [-0.15, -0.1) is 0 Å². The lowest BCUT2D eigenvalue weighted by molar-refractivity contribution is 0.126. The van der Waals surface area contributed by atoms with Gasteiger partial charge in [-0.2, -0.15) is 0 Å². The van der Waals surface area contributed by atoms with Crippen molar-refractivity contribution in [1.82, 2.24) is 25.2 Å². The molecule has 4 aromatic rings. The van der Waals surface area contributed by atoms with Crippen molar-refractivity contribution in [1.29, 1.82) is 0 Å². The lowest BCUT2D eigenvalue weighted by atomic mass is 10.1. The first-order valence-corrected chi connectivity index (χ1v) is 12.3. The van der Waals surface area contributed by atoms with E-state index in [1.54, 1.807) is 0 Å². The lowest BCUT2D eigenvalue weighted by Crippen LogP contribution is -2.30. The van der Waals surface area contributed by atoms with Crippen LogP contribution in [0.2, 0.25) is 0 Å². The number of amides is 1. The maximum absolute atomic E-state index is 11.9. The third-order valence-electron chi connectivity index (χ3n) is 5.81. The molecule has 1 amide bonds. The minimum atomic E-state index is -0.423. The molecular formula is C27H34N6O3. The van der Waals surface area contributed by atoms with E-state index in [0.29, 0.717) is 56.8 Å². The predicted molar refractivity (Wildman–Crippen MR) is 142 cm³/mol. The fourth-order valence-electron chi connectivity index (χ4n) is 4.04. The molecule has 36 heavy (non-hydrogen) atoms. The lowest BCUT2D eigenvalue weighted by Gasteiger charge is -2.12. The summed E-state index contributed by atoms with van der Waals surface area (Å²) < 4.78 is 13.0. The van der Waals surface area contributed by atoms with Gasteiger partial charge in [-0.05, 0) is 24.1 Å². The highest BCUT2D eigenvalue weighted by molar-refractivity contribution is 6.06. The Hall–Kier alpha value is -3.69. The molecule has 0 atom stereocenters. The summed E-state index contributed by atoms with van der Waals surface area (Å²) in [4.78, 5) is 21.2. The number of nitrogens with one attached hydrogen (secondary N) is 2. The summed E-state index contributed by atoms with van der Waals surface area (Å²) in [5.41, 5.74) is 10.8. The van der Waals surface area contributed by atoms with E-state index in [-0.39, 0.29) is 0 Å². The number of hydrogen-bond donors (Lipinski definition) is 3. The standard InChI is InChI=1S/C27H34N6O3/c1-4-35-17-23-32-24-25(21-7-5-6-8-22(21)31-26(24)28)33(23)16-20-11-9-19(10-12-20)15-30-27(34)36-14-13-29-18(2)3/h5-12,18,29H,4,13-17H2,1-3H3,(H2,28,31)(H,30,34). The molecule has 9 nitrogen and oxygen atoms in total. The summed E-state index contributed by atoms with van der Waals surface area (Å²) in [6.07, 6.45) is -0.423. The van der Waals surface area contributed by atoms with E-state index >= 15 is 0 Å². The maximum atomic E-state index is 11.9. The van der Waals surface area contributed by atoms with Crippen LogP contribution in [0.25, 0.3) is 21.9 Å². The number of fused-ring (bicyclic) bond motifs is 3. The highest BCUT2D eigenvalue weighted by Crippen LogP contribution is 2.29. The molecule has 2 aromatic heterocycles. The number of para-hydroxylation sites is 1. The topological polar surface area (TPSA) is 116 Å². The molecule has 4 rings (SSSR count). The highest BCUT2D eigenvalue weighted by atomic mass is 16.5. The van der Waals surface area contributed by atoms with Gasteiger partial charge in [-0.25, -0.2) is 14.8 Å². The largest absolute Gasteiger partial charge is 0.448 e. The Labute approximate surface area is 211 Å². The van der Waals surface area contributed by atoms with Crippen molar-refractivity contribution in [3.63, 3.8) is 0 Å². The SMILES string of the molecule is CCOCc1nc2c(N)nc3ccccc3c2n1Cc1ccc(CNC(=O)OCCNC(C)C)cc1. The van der Waals surface area contributed by atoms with Crippen LogP contribution in [0, 0.1) is 0 Å². The number of pyridine rings is 1. The zero-order valence-electron chi connectivity index (χ0n) is 21.1. The van der Waals surface area contributed by atoms with Gasteiger partial charge >= 0.3 is 6.09 Å². The van der Waals surface area contributed by atoms with Gasteiger partial charge in [0, 0.05) is 37.7 Å². The average molecular weight is 491 g/mol. The van der Waals surface area contributed by atoms with Crippen molar-refractivity contribution >= 4 is 33.8 Å². The first kappa shape index (κ1) is 25.4. The van der Waals surface area contributed by atoms with Crippen LogP contribution in [0.5, 0.6) is 0 Å². The van der Waals surface area contributed by atoms with Crippen molar-refractivity contribution in [2.24, 2.45) is 0 Å². The number of imidazole rings is 1. The molecular weight excluding hydrogens is 456 g/mol. The Morgan fingerprint density at radius 3 is 2.58 bits per heavy atom. The second-order valence-corrected chi connectivity index (χ2v) is 8.88. The third kappa shape index (κ3) is 6.10. The smallest absolute Gasteiger partial charge is 0.407 e. The molecule has 9 heteroatoms. The molecule has 0 aliphatic heterocycles. The second-order valence-electron chi connectivity index (χ2n) is 8.88. The Kier molecular flexibility index (Phi) is 8.35. The zero-order chi connectivity index (χ0) is 25.5. The number of carbonyl (C=O) groups is 1. The number of benzene rings is 2. The normalized spacial score (nSPS) is 11.4. The van der Waals surface area contributed by atoms with E-state index in [0.717, 1.165) is 33.4 Å². The molecule has 0 unspecified atom stereocenters. The number of nitrogen functional groups attached to an aromatic ring is 1. The van der Waals surface area contributed by atoms with Gasteiger partial charge in [0.1, 0.15) is 24.6 Å². The summed E-state index contributed by atoms with van der Waals surface area (Å²) in [6.45, 7) is 9.00. The summed E-state index contributed by atoms with van der Waals surface area (Å²) >= 11 is 0. The number of hydrogen-bond acceptors (Lipinski definition) is 7. The number of nitrogens with zero attached hydrogens (tertiary/aromatic N) is 3. The number of rotatable bonds is 11. The van der Waals surface area contributed by atoms with Gasteiger partial charge in [-0.3, -0.25) is 0 Å². The molecule has 0 spiro atoms. The zero-order valence-corrected chi connectivity index (χ0v) is 21.1. The van der Waals surface area contributed by atoms with Crippen LogP contribution in [-0.2, 0) is 29.2 Å². The second kappa shape index (κ2) is 11.8. The molecule has 4 N–H and O–H groups in total. The van der Waals surface area contributed by atoms with E-state index in [9.17, 15) is 4.79 Å². The van der Waals surface area contributed by atoms with E-state index in [4.69, 9.17) is 20.2 Å². The van der Waals surface area contributed by atoms with Gasteiger partial charge in [-0.1, -0.05) is 56.3 Å². The van der Waals surface area contributed by atoms with E-state index < -0.39 is 6.09 Å². The van der Waals surface area contributed by atoms with Crippen LogP contribution in [0.3, 0.4) is 0 Å². The van der Waals surface area contributed by atoms with Gasteiger partial charge in [0.2, 0.25) is 0 Å². The van der Waals surface area contributed by atoms with Crippen molar-refractivity contribution in [3.05, 3.63) is 65.5 Å². The molecule has 0 radical (unpaired) electrons. The fourth-order valence-corrected chi connectivity index (χ4v) is 4.04. The van der Waals surface area contributed by atoms with Crippen LogP contribution in [-0.4, -0.2) is 46.4 Å². The fraction of sp³-hybridized carbons (Fsp3) is 0.370. The van der Waals surface area contributed by atoms with Crippen molar-refractivity contribution in [2.75, 3.05) is 25.5 Å². The van der Waals surface area contributed by atoms with Crippen LogP contribution in [0.1, 0.15) is 37.7 Å².